The molecule has 4 aliphatic rings. The number of esters is 2. The molecular weight excluding hydrogens is 1020 g/mol. The third kappa shape index (κ3) is 17.4. The number of hydrogen-bond donors (Lipinski definition) is 4. The molecule has 5 rings (SSSR count). The summed E-state index contributed by atoms with van der Waals surface area (Å²) < 4.78 is 63.9. The Kier molecular flexibility index (Phi) is 24.6. The highest BCUT2D eigenvalue weighted by Gasteiger charge is 2.53. The zero-order valence-corrected chi connectivity index (χ0v) is 49.8. The number of nitrogens with zero attached hydrogens (tertiary/aromatic N) is 1. The number of rotatable bonds is 18. The second-order valence-electron chi connectivity index (χ2n) is 24.0. The van der Waals surface area contributed by atoms with E-state index >= 15 is 9.59 Å². The lowest BCUT2D eigenvalue weighted by Crippen LogP contribution is -2.58. The number of amides is 1. The molecule has 79 heavy (non-hydrogen) atoms. The van der Waals surface area contributed by atoms with Crippen molar-refractivity contribution in [3.8, 4) is 0 Å². The lowest BCUT2D eigenvalue weighted by atomic mass is 9.73. The maximum atomic E-state index is 15.8. The summed E-state index contributed by atoms with van der Waals surface area (Å²) in [6, 6.07) is 9.26. The Morgan fingerprint density at radius 3 is 2.06 bits per heavy atom. The second kappa shape index (κ2) is 29.4. The number of carbonyl (C=O) groups is 4. The summed E-state index contributed by atoms with van der Waals surface area (Å²) in [5, 5.41) is 40.4. The molecule has 0 spiro atoms. The van der Waals surface area contributed by atoms with Crippen molar-refractivity contribution in [3.63, 3.8) is 0 Å². The van der Waals surface area contributed by atoms with Crippen LogP contribution in [0.25, 0.3) is 0 Å². The van der Waals surface area contributed by atoms with E-state index in [9.17, 15) is 24.9 Å². The van der Waals surface area contributed by atoms with E-state index in [1.807, 2.05) is 71.9 Å². The molecule has 1 amide bonds. The molecular formula is C59H96N2O18. The number of ether oxygens (including phenoxy) is 10. The zero-order chi connectivity index (χ0) is 58.7. The second-order valence-corrected chi connectivity index (χ2v) is 24.0. The molecule has 0 aromatic heterocycles. The van der Waals surface area contributed by atoms with Crippen LogP contribution in [0.3, 0.4) is 0 Å². The number of carbonyl (C=O) groups excluding carboxylic acids is 4. The number of oxime groups is 1. The van der Waals surface area contributed by atoms with Crippen LogP contribution in [0.1, 0.15) is 147 Å². The number of cyclic esters (lactones) is 1. The first-order valence-electron chi connectivity index (χ1n) is 28.6. The van der Waals surface area contributed by atoms with Crippen LogP contribution in [0.5, 0.6) is 0 Å². The quantitative estimate of drug-likeness (QED) is 0.0643. The van der Waals surface area contributed by atoms with Gasteiger partial charge in [0.15, 0.2) is 24.0 Å². The summed E-state index contributed by atoms with van der Waals surface area (Å²) in [4.78, 5) is 64.5. The summed E-state index contributed by atoms with van der Waals surface area (Å²) in [6.45, 7) is 23.0. The highest BCUT2D eigenvalue weighted by Crippen LogP contribution is 2.41. The molecule has 4 aliphatic heterocycles. The van der Waals surface area contributed by atoms with Gasteiger partial charge in [-0.25, -0.2) is 4.79 Å². The minimum absolute atomic E-state index is 0.0336. The molecule has 1 aromatic rings. The summed E-state index contributed by atoms with van der Waals surface area (Å²) in [7, 11) is 4.53. The normalized spacial score (nSPS) is 40.0. The van der Waals surface area contributed by atoms with Gasteiger partial charge in [0, 0.05) is 58.3 Å². The number of benzene rings is 1. The summed E-state index contributed by atoms with van der Waals surface area (Å²) in [5.74, 6) is -6.78. The van der Waals surface area contributed by atoms with Crippen LogP contribution in [0.15, 0.2) is 35.5 Å². The minimum atomic E-state index is -1.91. The Morgan fingerprint density at radius 1 is 0.785 bits per heavy atom. The molecule has 450 valence electrons. The van der Waals surface area contributed by atoms with Gasteiger partial charge in [0.25, 0.3) is 0 Å². The van der Waals surface area contributed by atoms with Crippen molar-refractivity contribution in [3.05, 3.63) is 35.9 Å². The Morgan fingerprint density at radius 2 is 1.44 bits per heavy atom. The Hall–Kier alpha value is -3.83. The van der Waals surface area contributed by atoms with E-state index < -0.39 is 150 Å². The van der Waals surface area contributed by atoms with Crippen molar-refractivity contribution in [2.75, 3.05) is 21.3 Å². The van der Waals surface area contributed by atoms with E-state index in [1.54, 1.807) is 48.7 Å². The fraction of sp³-hybridized carbons (Fsp3) is 0.814. The maximum absolute atomic E-state index is 15.8. The molecule has 1 aromatic carbocycles. The van der Waals surface area contributed by atoms with E-state index in [0.29, 0.717) is 31.4 Å². The highest BCUT2D eigenvalue weighted by atomic mass is 16.7. The molecule has 4 fully saturated rings. The van der Waals surface area contributed by atoms with Crippen LogP contribution < -0.4 is 5.32 Å². The van der Waals surface area contributed by atoms with Crippen LogP contribution in [0.2, 0.25) is 0 Å². The Balaban J connectivity index is 1.66. The van der Waals surface area contributed by atoms with Gasteiger partial charge in [0.05, 0.1) is 59.8 Å². The van der Waals surface area contributed by atoms with Crippen LogP contribution in [0.4, 0.5) is 4.79 Å². The molecule has 4 N–H and O–H groups in total. The van der Waals surface area contributed by atoms with Crippen molar-refractivity contribution in [2.45, 2.75) is 245 Å². The van der Waals surface area contributed by atoms with Crippen LogP contribution >= 0.6 is 0 Å². The molecule has 4 saturated heterocycles. The predicted octanol–water partition coefficient (Wildman–Crippen LogP) is 7.22. The fourth-order valence-electron chi connectivity index (χ4n) is 12.4. The van der Waals surface area contributed by atoms with Gasteiger partial charge >= 0.3 is 18.0 Å². The molecule has 20 heteroatoms. The van der Waals surface area contributed by atoms with Gasteiger partial charge in [0.2, 0.25) is 0 Å². The van der Waals surface area contributed by atoms with E-state index in [1.165, 1.54) is 21.1 Å². The summed E-state index contributed by atoms with van der Waals surface area (Å²) >= 11 is 0. The number of aliphatic hydroxyl groups is 3. The predicted molar refractivity (Wildman–Crippen MR) is 291 cm³/mol. The van der Waals surface area contributed by atoms with Crippen molar-refractivity contribution < 1.29 is 86.7 Å². The van der Waals surface area contributed by atoms with E-state index in [4.69, 9.17) is 52.2 Å². The molecule has 0 bridgehead atoms. The average molecular weight is 1120 g/mol. The smallest absolute Gasteiger partial charge is 0.408 e. The molecule has 1 unspecified atom stereocenters. The van der Waals surface area contributed by atoms with Gasteiger partial charge in [-0.2, -0.15) is 0 Å². The van der Waals surface area contributed by atoms with Crippen molar-refractivity contribution >= 4 is 29.5 Å². The first-order valence-corrected chi connectivity index (χ1v) is 28.6. The third-order valence-electron chi connectivity index (χ3n) is 16.7. The molecule has 0 saturated carbocycles. The fourth-order valence-corrected chi connectivity index (χ4v) is 12.4. The number of nitrogens with one attached hydrogen (secondary N) is 1. The number of hydrogen-bond acceptors (Lipinski definition) is 19. The monoisotopic (exact) mass is 1120 g/mol. The molecule has 0 radical (unpaired) electrons. The van der Waals surface area contributed by atoms with E-state index in [2.05, 4.69) is 10.5 Å². The Labute approximate surface area is 468 Å². The van der Waals surface area contributed by atoms with Crippen molar-refractivity contribution in [2.24, 2.45) is 46.6 Å². The van der Waals surface area contributed by atoms with Crippen LogP contribution in [-0.2, 0) is 73.1 Å². The number of aliphatic hydroxyl groups excluding tert-OH is 2. The Bertz CT molecular complexity index is 2130. The number of methoxy groups -OCH3 is 2. The number of Topliss-reactive ketones (excluding diaryl/α,β-unsaturated/α-hetero) is 1. The van der Waals surface area contributed by atoms with Crippen LogP contribution in [0, 0.1) is 41.4 Å². The topological polar surface area (TPSA) is 255 Å². The molecule has 20 nitrogen and oxygen atoms in total. The average Bonchev–Trinajstić information content (AvgIpc) is 3.39. The zero-order valence-electron chi connectivity index (χ0n) is 49.8. The third-order valence-corrected chi connectivity index (χ3v) is 16.7. The lowest BCUT2D eigenvalue weighted by molar-refractivity contribution is -0.298. The summed E-state index contributed by atoms with van der Waals surface area (Å²) in [6.07, 6.45) is -10.7. The molecule has 4 heterocycles. The standard InChI is InChI=1S/C59H96N2O18/c1-31(2)25-44(62)75-50-35(6)48(32(3)21-20-24-43-52(69-14)53(70-15)47(63)39(10)73-43)78-56(66)38(9)51(77-46-29-58(12,68)55(65)40(11)74-46)36(7)49(76-45-27-42(61-71-16)26-34(5)72-45)33(4)28-59(13,54(64)37(50)8)79-57(67)60-30-41-22-18-17-19-23-41/h17-19,22-23,31-40,43,45-53,55,63,65,68H,20-21,24-30H2,1-16H3,(H,60,67)/t32-,33-,34+,35-,36+,37+,38+,39+,40-,43?,45-,46-,47+,48+,49-,50+,51-,52-,53+,55-,58+,59-/m0/s1. The van der Waals surface area contributed by atoms with E-state index in [0.717, 1.165) is 5.56 Å². The van der Waals surface area contributed by atoms with Gasteiger partial charge in [-0.15, -0.1) is 0 Å². The van der Waals surface area contributed by atoms with Crippen molar-refractivity contribution in [1.29, 1.82) is 0 Å². The minimum Gasteiger partial charge on any atom is -0.461 e. The van der Waals surface area contributed by atoms with Crippen LogP contribution in [-0.4, -0.2) is 163 Å². The number of ketones is 1. The van der Waals surface area contributed by atoms with Crippen molar-refractivity contribution in [1.82, 2.24) is 5.32 Å². The molecule has 0 aliphatic carbocycles. The highest BCUT2D eigenvalue weighted by molar-refractivity contribution is 5.91. The molecule has 22 atom stereocenters. The van der Waals surface area contributed by atoms with Gasteiger partial charge in [-0.3, -0.25) is 14.4 Å². The largest absolute Gasteiger partial charge is 0.461 e. The maximum Gasteiger partial charge on any atom is 0.408 e. The lowest BCUT2D eigenvalue weighted by Gasteiger charge is -2.46. The van der Waals surface area contributed by atoms with E-state index in [-0.39, 0.29) is 44.2 Å². The van der Waals surface area contributed by atoms with Gasteiger partial charge in [0.1, 0.15) is 43.7 Å². The van der Waals surface area contributed by atoms with Gasteiger partial charge in [-0.1, -0.05) is 90.4 Å². The first-order chi connectivity index (χ1) is 37.1. The van der Waals surface area contributed by atoms with Gasteiger partial charge < -0.3 is 72.8 Å². The SMILES string of the molecule is CON=C1C[C@H](O[C@@H]2[C@@H](C)[C@H](O[C@H]3C[C@@](C)(O)[C@@H](O)[C@H](C)O3)[C@@H](C)C(=O)O[C@H]([C@@H](C)CCCC3O[C@H](C)[C@@H](O)[C@@H](OC)[C@H]3OC)[C@H](C)[C@@H](OC(=O)CC(C)C)[C@@H](C)C(=O)[C@@](C)(OC(=O)NCc3ccccc3)C[C@@H]2C)O[C@H](C)C1. The summed E-state index contributed by atoms with van der Waals surface area (Å²) in [5.41, 5.74) is -2.04. The number of alkyl carbamates (subject to hydrolysis) is 1. The van der Waals surface area contributed by atoms with Gasteiger partial charge in [-0.05, 0) is 84.1 Å². The first kappa shape index (κ1) is 66.0.